The first kappa shape index (κ1) is 13.9. The van der Waals surface area contributed by atoms with Crippen LogP contribution in [0.15, 0.2) is 58.5 Å². The Labute approximate surface area is 114 Å². The molecule has 2 rings (SSSR count). The molecular weight excluding hydrogens is 282 g/mol. The molecular formula is C12H9N3O4S. The first-order chi connectivity index (χ1) is 9.50. The number of hydrogen-bond donors (Lipinski definition) is 1. The molecule has 0 atom stereocenters. The van der Waals surface area contributed by atoms with Crippen molar-refractivity contribution < 1.29 is 17.7 Å². The van der Waals surface area contributed by atoms with Gasteiger partial charge >= 0.3 is 0 Å². The molecule has 0 unspecified atom stereocenters. The third-order valence-corrected chi connectivity index (χ3v) is 3.20. The fourth-order valence-corrected chi connectivity index (χ4v) is 1.99. The normalized spacial score (nSPS) is 10.7. The lowest BCUT2D eigenvalue weighted by atomic mass is 10.3. The second kappa shape index (κ2) is 5.62. The van der Waals surface area contributed by atoms with Crippen LogP contribution in [0.5, 0.6) is 11.5 Å². The molecule has 0 aliphatic rings. The maximum Gasteiger partial charge on any atom is 0.294 e. The molecule has 0 amide bonds. The number of para-hydroxylation sites is 1. The van der Waals surface area contributed by atoms with Gasteiger partial charge in [-0.1, -0.05) is 23.3 Å². The lowest BCUT2D eigenvalue weighted by molar-refractivity contribution is 0.479. The first-order valence-corrected chi connectivity index (χ1v) is 6.84. The van der Waals surface area contributed by atoms with Gasteiger partial charge in [-0.15, -0.1) is 0 Å². The minimum atomic E-state index is -4.37. The smallest absolute Gasteiger partial charge is 0.294 e. The molecule has 0 saturated carbocycles. The average Bonchev–Trinajstić information content (AvgIpc) is 2.41. The van der Waals surface area contributed by atoms with Crippen LogP contribution in [0.2, 0.25) is 0 Å². The molecule has 0 aliphatic heterocycles. The summed E-state index contributed by atoms with van der Waals surface area (Å²) in [4.78, 5) is 2.23. The third-order valence-electron chi connectivity index (χ3n) is 2.35. The van der Waals surface area contributed by atoms with Crippen molar-refractivity contribution in [2.45, 2.75) is 4.90 Å². The van der Waals surface area contributed by atoms with Crippen LogP contribution in [0.4, 0.5) is 5.69 Å². The molecule has 0 aromatic heterocycles. The Balaban J connectivity index is 2.46. The molecule has 0 fully saturated rings. The summed E-state index contributed by atoms with van der Waals surface area (Å²) in [5.41, 5.74) is 8.46. The summed E-state index contributed by atoms with van der Waals surface area (Å²) in [6.07, 6.45) is 0. The Bertz CT molecular complexity index is 769. The fourth-order valence-electron chi connectivity index (χ4n) is 1.49. The van der Waals surface area contributed by atoms with E-state index in [4.69, 9.17) is 14.8 Å². The number of hydrogen-bond acceptors (Lipinski definition) is 4. The van der Waals surface area contributed by atoms with Gasteiger partial charge in [-0.2, -0.15) is 8.42 Å². The van der Waals surface area contributed by atoms with Crippen molar-refractivity contribution in [3.63, 3.8) is 0 Å². The molecule has 0 aliphatic carbocycles. The van der Waals surface area contributed by atoms with Gasteiger partial charge in [0, 0.05) is 4.91 Å². The average molecular weight is 291 g/mol. The second-order valence-electron chi connectivity index (χ2n) is 3.71. The van der Waals surface area contributed by atoms with E-state index in [1.807, 2.05) is 6.07 Å². The third kappa shape index (κ3) is 3.27. The van der Waals surface area contributed by atoms with E-state index in [-0.39, 0.29) is 16.3 Å². The molecule has 7 nitrogen and oxygen atoms in total. The molecule has 1 N–H and O–H groups in total. The number of benzene rings is 2. The Morgan fingerprint density at radius 2 is 1.85 bits per heavy atom. The highest BCUT2D eigenvalue weighted by atomic mass is 32.2. The largest absolute Gasteiger partial charge is 0.457 e. The van der Waals surface area contributed by atoms with Crippen molar-refractivity contribution in [1.29, 1.82) is 0 Å². The van der Waals surface area contributed by atoms with Crippen LogP contribution in [-0.4, -0.2) is 13.0 Å². The van der Waals surface area contributed by atoms with E-state index >= 15 is 0 Å². The lowest BCUT2D eigenvalue weighted by Gasteiger charge is -2.09. The molecule has 20 heavy (non-hydrogen) atoms. The van der Waals surface area contributed by atoms with Gasteiger partial charge in [0.25, 0.3) is 10.1 Å². The Morgan fingerprint density at radius 3 is 2.45 bits per heavy atom. The highest BCUT2D eigenvalue weighted by molar-refractivity contribution is 7.85. The van der Waals surface area contributed by atoms with Gasteiger partial charge in [0.15, 0.2) is 0 Å². The maximum atomic E-state index is 11.0. The first-order valence-electron chi connectivity index (χ1n) is 5.40. The van der Waals surface area contributed by atoms with Crippen molar-refractivity contribution >= 4 is 15.8 Å². The maximum absolute atomic E-state index is 11.0. The summed E-state index contributed by atoms with van der Waals surface area (Å²) in [5, 5.41) is 3.36. The van der Waals surface area contributed by atoms with Crippen LogP contribution < -0.4 is 4.74 Å². The monoisotopic (exact) mass is 291 g/mol. The van der Waals surface area contributed by atoms with Gasteiger partial charge in [-0.25, -0.2) is 0 Å². The summed E-state index contributed by atoms with van der Waals surface area (Å²) in [6.45, 7) is 0. The predicted molar refractivity (Wildman–Crippen MR) is 71.6 cm³/mol. The van der Waals surface area contributed by atoms with Crippen molar-refractivity contribution in [2.75, 3.05) is 0 Å². The fraction of sp³-hybridized carbons (Fsp3) is 0. The van der Waals surface area contributed by atoms with Gasteiger partial charge in [0.1, 0.15) is 11.5 Å². The Morgan fingerprint density at radius 1 is 1.15 bits per heavy atom. The van der Waals surface area contributed by atoms with Gasteiger partial charge in [-0.3, -0.25) is 4.55 Å². The summed E-state index contributed by atoms with van der Waals surface area (Å²) in [7, 11) is -4.37. The van der Waals surface area contributed by atoms with E-state index in [2.05, 4.69) is 10.0 Å². The van der Waals surface area contributed by atoms with E-state index in [9.17, 15) is 8.42 Å². The zero-order chi connectivity index (χ0) is 14.6. The topological polar surface area (TPSA) is 112 Å². The molecule has 0 radical (unpaired) electrons. The van der Waals surface area contributed by atoms with Crippen molar-refractivity contribution in [1.82, 2.24) is 0 Å². The van der Waals surface area contributed by atoms with E-state index in [0.29, 0.717) is 5.75 Å². The number of azide groups is 1. The molecule has 0 heterocycles. The molecule has 102 valence electrons. The van der Waals surface area contributed by atoms with Crippen molar-refractivity contribution in [2.24, 2.45) is 5.11 Å². The van der Waals surface area contributed by atoms with E-state index < -0.39 is 10.1 Å². The molecule has 0 saturated heterocycles. The van der Waals surface area contributed by atoms with Crippen molar-refractivity contribution in [3.05, 3.63) is 59.0 Å². The molecule has 2 aromatic carbocycles. The minimum absolute atomic E-state index is 0.0357. The Hall–Kier alpha value is -2.54. The highest BCUT2D eigenvalue weighted by Gasteiger charge is 2.13. The molecule has 0 spiro atoms. The predicted octanol–water partition coefficient (Wildman–Crippen LogP) is 3.67. The zero-order valence-corrected chi connectivity index (χ0v) is 10.9. The van der Waals surface area contributed by atoms with Gasteiger partial charge in [0.2, 0.25) is 0 Å². The van der Waals surface area contributed by atoms with Crippen LogP contribution in [0.3, 0.4) is 0 Å². The van der Waals surface area contributed by atoms with Crippen LogP contribution in [0.1, 0.15) is 0 Å². The van der Waals surface area contributed by atoms with E-state index in [1.54, 1.807) is 24.3 Å². The molecule has 8 heteroatoms. The Kier molecular flexibility index (Phi) is 3.90. The number of ether oxygens (including phenoxy) is 1. The van der Waals surface area contributed by atoms with Gasteiger partial charge in [0.05, 0.1) is 10.6 Å². The van der Waals surface area contributed by atoms with Crippen LogP contribution in [0, 0.1) is 0 Å². The van der Waals surface area contributed by atoms with Gasteiger partial charge < -0.3 is 4.74 Å². The lowest BCUT2D eigenvalue weighted by Crippen LogP contribution is -1.97. The quantitative estimate of drug-likeness (QED) is 0.400. The summed E-state index contributed by atoms with van der Waals surface area (Å²) < 4.78 is 36.5. The zero-order valence-electron chi connectivity index (χ0n) is 10.0. The van der Waals surface area contributed by atoms with Crippen molar-refractivity contribution in [3.8, 4) is 11.5 Å². The molecule has 2 aromatic rings. The number of rotatable bonds is 4. The van der Waals surface area contributed by atoms with Crippen LogP contribution in [0.25, 0.3) is 10.4 Å². The van der Waals surface area contributed by atoms with E-state index in [1.165, 1.54) is 6.07 Å². The van der Waals surface area contributed by atoms with E-state index in [0.717, 1.165) is 12.1 Å². The summed E-state index contributed by atoms with van der Waals surface area (Å²) in [6, 6.07) is 12.2. The standard InChI is InChI=1S/C12H9N3O4S/c13-15-14-11-8-10(20(16,17)18)6-7-12(11)19-9-4-2-1-3-5-9/h1-8H,(H,16,17,18). The van der Waals surface area contributed by atoms with Gasteiger partial charge in [-0.05, 0) is 35.9 Å². The minimum Gasteiger partial charge on any atom is -0.457 e. The molecule has 0 bridgehead atoms. The van der Waals surface area contributed by atoms with Crippen LogP contribution >= 0.6 is 0 Å². The second-order valence-corrected chi connectivity index (χ2v) is 5.13. The highest BCUT2D eigenvalue weighted by Crippen LogP contribution is 2.33. The SMILES string of the molecule is [N-]=[N+]=Nc1cc(S(=O)(=O)O)ccc1Oc1ccccc1. The summed E-state index contributed by atoms with van der Waals surface area (Å²) in [5.74, 6) is 0.683. The number of nitrogens with zero attached hydrogens (tertiary/aromatic N) is 3. The summed E-state index contributed by atoms with van der Waals surface area (Å²) >= 11 is 0. The van der Waals surface area contributed by atoms with Crippen LogP contribution in [-0.2, 0) is 10.1 Å².